The number of rotatable bonds is 7. The molecule has 4 rings (SSSR count). The molecule has 2 aliphatic heterocycles. The number of fused-ring (bicyclic) bond motifs is 2. The van der Waals surface area contributed by atoms with Gasteiger partial charge in [0.05, 0.1) is 18.3 Å². The summed E-state index contributed by atoms with van der Waals surface area (Å²) in [5, 5.41) is 2.71. The smallest absolute Gasteiger partial charge is 0.308 e. The van der Waals surface area contributed by atoms with Crippen LogP contribution in [0.25, 0.3) is 0 Å². The number of carbonyl (C=O) groups is 4. The third-order valence-electron chi connectivity index (χ3n) is 6.05. The van der Waals surface area contributed by atoms with Gasteiger partial charge in [0.15, 0.2) is 17.6 Å². The lowest BCUT2D eigenvalue weighted by molar-refractivity contribution is -0.155. The van der Waals surface area contributed by atoms with Gasteiger partial charge in [0.25, 0.3) is 5.91 Å². The Morgan fingerprint density at radius 3 is 2.52 bits per heavy atom. The number of hydrogen-bond donors (Lipinski definition) is 1. The van der Waals surface area contributed by atoms with Crippen LogP contribution >= 0.6 is 0 Å². The van der Waals surface area contributed by atoms with Crippen LogP contribution in [0.15, 0.2) is 18.2 Å². The fraction of sp³-hybridized carbons (Fsp3) is 0.545. The Bertz CT molecular complexity index is 876. The zero-order valence-electron chi connectivity index (χ0n) is 17.4. The zero-order chi connectivity index (χ0) is 22.0. The Hall–Kier alpha value is -3.10. The summed E-state index contributed by atoms with van der Waals surface area (Å²) in [6.07, 6.45) is 2.25. The normalized spacial score (nSPS) is 22.8. The molecule has 1 saturated carbocycles. The molecule has 9 nitrogen and oxygen atoms in total. The van der Waals surface area contributed by atoms with Crippen molar-refractivity contribution in [3.63, 3.8) is 0 Å². The highest BCUT2D eigenvalue weighted by Crippen LogP contribution is 2.38. The number of nitrogens with one attached hydrogen (secondary N) is 1. The van der Waals surface area contributed by atoms with Crippen LogP contribution in [0, 0.1) is 11.8 Å². The predicted molar refractivity (Wildman–Crippen MR) is 107 cm³/mol. The molecule has 3 amide bonds. The molecule has 1 aromatic carbocycles. The van der Waals surface area contributed by atoms with Crippen molar-refractivity contribution >= 4 is 23.7 Å². The molecule has 3 atom stereocenters. The van der Waals surface area contributed by atoms with E-state index in [0.29, 0.717) is 11.5 Å². The standard InChI is InChI=1S/C22H26N2O7/c1-13(20(26)23-11-14-6-7-17-18(10-14)30-12-29-17)31-19(25)8-9-24-21(27)15-4-2-3-5-16(15)22(24)28/h6-7,10,13,15-16H,2-5,8-9,11-12H2,1H3,(H,23,26)/t13-,15-,16+/m1/s1. The highest BCUT2D eigenvalue weighted by molar-refractivity contribution is 6.05. The van der Waals surface area contributed by atoms with Crippen molar-refractivity contribution in [2.24, 2.45) is 11.8 Å². The third-order valence-corrected chi connectivity index (χ3v) is 6.05. The minimum absolute atomic E-state index is 0.00493. The van der Waals surface area contributed by atoms with Crippen LogP contribution in [-0.2, 0) is 30.5 Å². The maximum absolute atomic E-state index is 12.5. The number of hydrogen-bond acceptors (Lipinski definition) is 7. The molecule has 1 N–H and O–H groups in total. The van der Waals surface area contributed by atoms with Crippen LogP contribution in [-0.4, -0.2) is 48.0 Å². The number of imide groups is 1. The Labute approximate surface area is 180 Å². The van der Waals surface area contributed by atoms with Crippen molar-refractivity contribution in [2.45, 2.75) is 51.7 Å². The highest BCUT2D eigenvalue weighted by atomic mass is 16.7. The van der Waals surface area contributed by atoms with Crippen molar-refractivity contribution < 1.29 is 33.4 Å². The predicted octanol–water partition coefficient (Wildman–Crippen LogP) is 1.53. The molecule has 9 heteroatoms. The molecule has 0 aromatic heterocycles. The molecule has 31 heavy (non-hydrogen) atoms. The van der Waals surface area contributed by atoms with Crippen LogP contribution < -0.4 is 14.8 Å². The van der Waals surface area contributed by atoms with Crippen molar-refractivity contribution in [3.05, 3.63) is 23.8 Å². The highest BCUT2D eigenvalue weighted by Gasteiger charge is 2.47. The quantitative estimate of drug-likeness (QED) is 0.516. The van der Waals surface area contributed by atoms with Gasteiger partial charge in [-0.3, -0.25) is 24.1 Å². The molecule has 0 radical (unpaired) electrons. The summed E-state index contributed by atoms with van der Waals surface area (Å²) >= 11 is 0. The zero-order valence-corrected chi connectivity index (χ0v) is 17.4. The summed E-state index contributed by atoms with van der Waals surface area (Å²) < 4.78 is 15.7. The minimum atomic E-state index is -0.992. The molecule has 1 saturated heterocycles. The van der Waals surface area contributed by atoms with E-state index in [1.807, 2.05) is 6.07 Å². The molecule has 2 fully saturated rings. The molecule has 0 unspecified atom stereocenters. The van der Waals surface area contributed by atoms with Crippen LogP contribution in [0.4, 0.5) is 0 Å². The average Bonchev–Trinajstić information content (AvgIpc) is 3.33. The molecular weight excluding hydrogens is 404 g/mol. The van der Waals surface area contributed by atoms with Crippen molar-refractivity contribution in [1.82, 2.24) is 10.2 Å². The Morgan fingerprint density at radius 2 is 1.81 bits per heavy atom. The summed E-state index contributed by atoms with van der Waals surface area (Å²) in [5.74, 6) is -0.624. The summed E-state index contributed by atoms with van der Waals surface area (Å²) in [7, 11) is 0. The maximum Gasteiger partial charge on any atom is 0.308 e. The fourth-order valence-electron chi connectivity index (χ4n) is 4.35. The summed E-state index contributed by atoms with van der Waals surface area (Å²) in [4.78, 5) is 50.5. The maximum atomic E-state index is 12.5. The number of carbonyl (C=O) groups excluding carboxylic acids is 4. The van der Waals surface area contributed by atoms with E-state index in [0.717, 1.165) is 31.2 Å². The Kier molecular flexibility index (Phi) is 6.11. The molecular formula is C22H26N2O7. The summed E-state index contributed by atoms with van der Waals surface area (Å²) in [5.41, 5.74) is 0.823. The van der Waals surface area contributed by atoms with Gasteiger partial charge >= 0.3 is 5.97 Å². The molecule has 166 valence electrons. The molecule has 3 aliphatic rings. The van der Waals surface area contributed by atoms with E-state index in [9.17, 15) is 19.2 Å². The first-order chi connectivity index (χ1) is 14.9. The Balaban J connectivity index is 1.21. The summed E-state index contributed by atoms with van der Waals surface area (Å²) in [6.45, 7) is 1.90. The lowest BCUT2D eigenvalue weighted by Gasteiger charge is -2.19. The second kappa shape index (κ2) is 8.95. The second-order valence-electron chi connectivity index (χ2n) is 8.11. The van der Waals surface area contributed by atoms with Gasteiger partial charge in [0, 0.05) is 13.1 Å². The molecule has 2 heterocycles. The van der Waals surface area contributed by atoms with E-state index < -0.39 is 18.0 Å². The van der Waals surface area contributed by atoms with E-state index in [1.54, 1.807) is 12.1 Å². The van der Waals surface area contributed by atoms with Gasteiger partial charge in [-0.25, -0.2) is 0 Å². The fourth-order valence-corrected chi connectivity index (χ4v) is 4.35. The molecule has 0 bridgehead atoms. The number of likely N-dealkylation sites (tertiary alicyclic amines) is 1. The van der Waals surface area contributed by atoms with Crippen LogP contribution in [0.5, 0.6) is 11.5 Å². The first-order valence-corrected chi connectivity index (χ1v) is 10.6. The average molecular weight is 430 g/mol. The van der Waals surface area contributed by atoms with E-state index >= 15 is 0 Å². The first-order valence-electron chi connectivity index (χ1n) is 10.6. The van der Waals surface area contributed by atoms with Gasteiger partial charge in [-0.15, -0.1) is 0 Å². The minimum Gasteiger partial charge on any atom is -0.454 e. The van der Waals surface area contributed by atoms with Crippen LogP contribution in [0.2, 0.25) is 0 Å². The molecule has 1 aromatic rings. The lowest BCUT2D eigenvalue weighted by atomic mass is 9.81. The third kappa shape index (κ3) is 4.50. The van der Waals surface area contributed by atoms with Gasteiger partial charge in [0.1, 0.15) is 0 Å². The number of esters is 1. The lowest BCUT2D eigenvalue weighted by Crippen LogP contribution is -2.37. The number of amides is 3. The van der Waals surface area contributed by atoms with Gasteiger partial charge in [0.2, 0.25) is 18.6 Å². The van der Waals surface area contributed by atoms with E-state index in [1.165, 1.54) is 11.8 Å². The van der Waals surface area contributed by atoms with Crippen molar-refractivity contribution in [3.8, 4) is 11.5 Å². The van der Waals surface area contributed by atoms with Crippen LogP contribution in [0.1, 0.15) is 44.6 Å². The van der Waals surface area contributed by atoms with Crippen molar-refractivity contribution in [2.75, 3.05) is 13.3 Å². The SMILES string of the molecule is C[C@@H](OC(=O)CCN1C(=O)[C@H]2CCCC[C@H]2C1=O)C(=O)NCc1ccc2c(c1)OCO2. The van der Waals surface area contributed by atoms with Gasteiger partial charge in [-0.1, -0.05) is 18.9 Å². The molecule has 1 aliphatic carbocycles. The van der Waals surface area contributed by atoms with E-state index in [2.05, 4.69) is 5.32 Å². The number of benzene rings is 1. The van der Waals surface area contributed by atoms with Crippen LogP contribution in [0.3, 0.4) is 0 Å². The van der Waals surface area contributed by atoms with E-state index in [4.69, 9.17) is 14.2 Å². The topological polar surface area (TPSA) is 111 Å². The van der Waals surface area contributed by atoms with Crippen molar-refractivity contribution in [1.29, 1.82) is 0 Å². The molecule has 0 spiro atoms. The second-order valence-corrected chi connectivity index (χ2v) is 8.11. The number of ether oxygens (including phenoxy) is 3. The van der Waals surface area contributed by atoms with Gasteiger partial charge < -0.3 is 19.5 Å². The first kappa shape index (κ1) is 21.1. The van der Waals surface area contributed by atoms with Gasteiger partial charge in [-0.05, 0) is 37.5 Å². The Morgan fingerprint density at radius 1 is 1.13 bits per heavy atom. The monoisotopic (exact) mass is 430 g/mol. The summed E-state index contributed by atoms with van der Waals surface area (Å²) in [6, 6.07) is 5.36. The van der Waals surface area contributed by atoms with E-state index in [-0.39, 0.29) is 50.0 Å². The van der Waals surface area contributed by atoms with Gasteiger partial charge in [-0.2, -0.15) is 0 Å². The number of nitrogens with zero attached hydrogens (tertiary/aromatic N) is 1. The largest absolute Gasteiger partial charge is 0.454 e.